The fraction of sp³-hybridized carbons (Fsp3) is 0.105. The zero-order valence-corrected chi connectivity index (χ0v) is 13.5. The van der Waals surface area contributed by atoms with Gasteiger partial charge in [0.05, 0.1) is 17.4 Å². The molecule has 5 nitrogen and oxygen atoms in total. The molecule has 2 aromatic heterocycles. The van der Waals surface area contributed by atoms with E-state index in [9.17, 15) is 13.6 Å². The summed E-state index contributed by atoms with van der Waals surface area (Å²) in [6.45, 7) is 0. The molecule has 0 aliphatic heterocycles. The quantitative estimate of drug-likeness (QED) is 0.787. The van der Waals surface area contributed by atoms with Crippen molar-refractivity contribution in [2.24, 2.45) is 0 Å². The number of rotatable bonds is 3. The van der Waals surface area contributed by atoms with Gasteiger partial charge in [-0.2, -0.15) is 13.9 Å². The predicted molar refractivity (Wildman–Crippen MR) is 93.3 cm³/mol. The third-order valence-corrected chi connectivity index (χ3v) is 4.11. The van der Waals surface area contributed by atoms with E-state index in [2.05, 4.69) is 15.4 Å². The van der Waals surface area contributed by atoms with Gasteiger partial charge in [0.2, 0.25) is 0 Å². The van der Waals surface area contributed by atoms with Gasteiger partial charge >= 0.3 is 0 Å². The maximum atomic E-state index is 13.8. The molecule has 1 amide bonds. The summed E-state index contributed by atoms with van der Waals surface area (Å²) < 4.78 is 29.3. The van der Waals surface area contributed by atoms with E-state index in [4.69, 9.17) is 0 Å². The average molecular weight is 352 g/mol. The minimum absolute atomic E-state index is 0.294. The smallest absolute Gasteiger partial charge is 0.290 e. The van der Waals surface area contributed by atoms with Crippen molar-refractivity contribution < 1.29 is 13.6 Å². The summed E-state index contributed by atoms with van der Waals surface area (Å²) in [7, 11) is 0. The summed E-state index contributed by atoms with van der Waals surface area (Å²) in [6.07, 6.45) is 9.91. The number of aromatic nitrogens is 3. The molecule has 0 saturated heterocycles. The van der Waals surface area contributed by atoms with Crippen LogP contribution in [0.2, 0.25) is 0 Å². The monoisotopic (exact) mass is 352 g/mol. The Morgan fingerprint density at radius 1 is 1.23 bits per heavy atom. The Morgan fingerprint density at radius 2 is 2.12 bits per heavy atom. The first-order chi connectivity index (χ1) is 12.5. The number of nitrogens with one attached hydrogen (secondary N) is 1. The summed E-state index contributed by atoms with van der Waals surface area (Å²) in [5, 5.41) is 7.52. The minimum Gasteiger partial charge on any atom is -0.339 e. The molecule has 26 heavy (non-hydrogen) atoms. The summed E-state index contributed by atoms with van der Waals surface area (Å²) in [4.78, 5) is 16.4. The van der Waals surface area contributed by atoms with Crippen LogP contribution in [0.25, 0.3) is 16.6 Å². The number of amides is 1. The van der Waals surface area contributed by atoms with Crippen molar-refractivity contribution >= 4 is 16.8 Å². The Kier molecular flexibility index (Phi) is 3.84. The molecule has 4 rings (SSSR count). The first kappa shape index (κ1) is 16.1. The number of pyridine rings is 1. The molecule has 130 valence electrons. The average Bonchev–Trinajstić information content (AvgIpc) is 3.07. The van der Waals surface area contributed by atoms with Crippen molar-refractivity contribution in [2.45, 2.75) is 12.0 Å². The lowest BCUT2D eigenvalue weighted by molar-refractivity contribution is 0.0264. The maximum absolute atomic E-state index is 13.8. The van der Waals surface area contributed by atoms with Crippen LogP contribution >= 0.6 is 0 Å². The van der Waals surface area contributed by atoms with Gasteiger partial charge in [-0.05, 0) is 36.4 Å². The van der Waals surface area contributed by atoms with Crippen molar-refractivity contribution in [3.63, 3.8) is 0 Å². The second-order valence-electron chi connectivity index (χ2n) is 5.93. The predicted octanol–water partition coefficient (Wildman–Crippen LogP) is 3.28. The normalized spacial score (nSPS) is 18.2. The van der Waals surface area contributed by atoms with E-state index in [-0.39, 0.29) is 0 Å². The highest BCUT2D eigenvalue weighted by atomic mass is 19.3. The van der Waals surface area contributed by atoms with Gasteiger partial charge in [0.1, 0.15) is 6.04 Å². The Labute approximate surface area is 147 Å². The molecule has 3 aromatic rings. The van der Waals surface area contributed by atoms with E-state index >= 15 is 0 Å². The van der Waals surface area contributed by atoms with Gasteiger partial charge in [0.15, 0.2) is 0 Å². The fourth-order valence-electron chi connectivity index (χ4n) is 2.75. The molecule has 1 atom stereocenters. The number of allylic oxidation sites excluding steroid dienone is 2. The van der Waals surface area contributed by atoms with Crippen molar-refractivity contribution in [3.8, 4) is 5.69 Å². The third-order valence-electron chi connectivity index (χ3n) is 4.11. The number of benzene rings is 1. The minimum atomic E-state index is -3.11. The second-order valence-corrected chi connectivity index (χ2v) is 5.93. The zero-order chi connectivity index (χ0) is 18.1. The van der Waals surface area contributed by atoms with Gasteiger partial charge in [0, 0.05) is 23.3 Å². The van der Waals surface area contributed by atoms with Crippen LogP contribution in [0.5, 0.6) is 0 Å². The Bertz CT molecular complexity index is 1020. The second kappa shape index (κ2) is 6.18. The van der Waals surface area contributed by atoms with Crippen LogP contribution in [-0.4, -0.2) is 32.6 Å². The molecule has 0 spiro atoms. The van der Waals surface area contributed by atoms with E-state index < -0.39 is 17.9 Å². The number of nitrogens with zero attached hydrogens (tertiary/aromatic N) is 3. The highest BCUT2D eigenvalue weighted by Gasteiger charge is 2.37. The molecule has 0 radical (unpaired) electrons. The molecule has 0 saturated carbocycles. The lowest BCUT2D eigenvalue weighted by Gasteiger charge is -2.24. The van der Waals surface area contributed by atoms with Crippen LogP contribution < -0.4 is 5.32 Å². The highest BCUT2D eigenvalue weighted by Crippen LogP contribution is 2.25. The Balaban J connectivity index is 1.60. The lowest BCUT2D eigenvalue weighted by Crippen LogP contribution is -2.46. The summed E-state index contributed by atoms with van der Waals surface area (Å²) in [6, 6.07) is 7.17. The van der Waals surface area contributed by atoms with E-state index in [1.807, 2.05) is 6.07 Å². The number of carbonyl (C=O) groups excluding carboxylic acids is 1. The van der Waals surface area contributed by atoms with Crippen LogP contribution in [0.15, 0.2) is 73.2 Å². The van der Waals surface area contributed by atoms with Crippen molar-refractivity contribution in [3.05, 3.63) is 78.8 Å². The molecule has 1 aliphatic rings. The maximum Gasteiger partial charge on any atom is 0.290 e. The number of alkyl halides is 2. The molecule has 0 fully saturated rings. The first-order valence-electron chi connectivity index (χ1n) is 7.97. The fourth-order valence-corrected chi connectivity index (χ4v) is 2.75. The van der Waals surface area contributed by atoms with E-state index in [0.29, 0.717) is 11.1 Å². The van der Waals surface area contributed by atoms with E-state index in [1.54, 1.807) is 47.5 Å². The zero-order valence-electron chi connectivity index (χ0n) is 13.5. The van der Waals surface area contributed by atoms with Crippen LogP contribution in [0.1, 0.15) is 10.4 Å². The summed E-state index contributed by atoms with van der Waals surface area (Å²) in [5.41, 5.74) is 1.77. The molecule has 1 aromatic carbocycles. The Morgan fingerprint density at radius 3 is 2.88 bits per heavy atom. The number of hydrogen-bond acceptors (Lipinski definition) is 3. The van der Waals surface area contributed by atoms with Gasteiger partial charge < -0.3 is 5.32 Å². The molecular weight excluding hydrogens is 338 g/mol. The van der Waals surface area contributed by atoms with Gasteiger partial charge in [0.25, 0.3) is 11.8 Å². The van der Waals surface area contributed by atoms with Crippen molar-refractivity contribution in [1.29, 1.82) is 0 Å². The third kappa shape index (κ3) is 2.99. The molecule has 1 N–H and O–H groups in total. The molecule has 0 bridgehead atoms. The molecule has 2 heterocycles. The van der Waals surface area contributed by atoms with Crippen molar-refractivity contribution in [1.82, 2.24) is 20.1 Å². The number of hydrogen-bond donors (Lipinski definition) is 1. The number of carbonyl (C=O) groups is 1. The molecular formula is C19H14F2N4O. The van der Waals surface area contributed by atoms with Gasteiger partial charge in [-0.1, -0.05) is 18.2 Å². The molecule has 1 unspecified atom stereocenters. The van der Waals surface area contributed by atoms with Crippen molar-refractivity contribution in [2.75, 3.05) is 0 Å². The van der Waals surface area contributed by atoms with Crippen LogP contribution in [0.4, 0.5) is 8.78 Å². The van der Waals surface area contributed by atoms with Crippen LogP contribution in [0.3, 0.4) is 0 Å². The van der Waals surface area contributed by atoms with Crippen LogP contribution in [-0.2, 0) is 0 Å². The number of halogens is 2. The molecule has 1 aliphatic carbocycles. The van der Waals surface area contributed by atoms with E-state index in [0.717, 1.165) is 17.1 Å². The van der Waals surface area contributed by atoms with Crippen LogP contribution in [0, 0.1) is 0 Å². The summed E-state index contributed by atoms with van der Waals surface area (Å²) in [5.74, 6) is -3.68. The lowest BCUT2D eigenvalue weighted by atomic mass is 10.0. The van der Waals surface area contributed by atoms with E-state index in [1.165, 1.54) is 18.2 Å². The standard InChI is InChI=1S/C19H14F2N4O/c20-19(21)8-2-1-5-17(19)23-18(26)13-6-7-16-14(10-13)12-25(24-16)15-4-3-9-22-11-15/h1-12,17H,(H,23,26). The SMILES string of the molecule is O=C(NC1C=CC=CC1(F)F)c1ccc2nn(-c3cccnc3)cc2c1. The van der Waals surface area contributed by atoms with Gasteiger partial charge in [-0.25, -0.2) is 4.68 Å². The van der Waals surface area contributed by atoms with Gasteiger partial charge in [-0.15, -0.1) is 0 Å². The summed E-state index contributed by atoms with van der Waals surface area (Å²) >= 11 is 0. The first-order valence-corrected chi connectivity index (χ1v) is 7.97. The number of fused-ring (bicyclic) bond motifs is 1. The topological polar surface area (TPSA) is 59.8 Å². The Hall–Kier alpha value is -3.35. The highest BCUT2D eigenvalue weighted by molar-refractivity contribution is 5.98. The largest absolute Gasteiger partial charge is 0.339 e. The van der Waals surface area contributed by atoms with Gasteiger partial charge in [-0.3, -0.25) is 9.78 Å². The molecule has 7 heteroatoms.